The molecule has 0 spiro atoms. The molecule has 22 heavy (non-hydrogen) atoms. The molecule has 0 amide bonds. The molecule has 1 aromatic heterocycles. The van der Waals surface area contributed by atoms with Gasteiger partial charge in [0.1, 0.15) is 5.82 Å². The first-order valence-corrected chi connectivity index (χ1v) is 8.25. The minimum absolute atomic E-state index is 0.296. The number of hydrogen-bond acceptors (Lipinski definition) is 4. The van der Waals surface area contributed by atoms with Crippen molar-refractivity contribution in [3.63, 3.8) is 0 Å². The summed E-state index contributed by atoms with van der Waals surface area (Å²) in [4.78, 5) is 0. The lowest BCUT2D eigenvalue weighted by molar-refractivity contribution is 0.628. The van der Waals surface area contributed by atoms with Gasteiger partial charge in [-0.25, -0.2) is 9.07 Å². The van der Waals surface area contributed by atoms with Crippen LogP contribution < -0.4 is 5.84 Å². The Morgan fingerprint density at radius 3 is 2.55 bits per heavy atom. The SMILES string of the molecule is Nn1c(SCc2ccccc2Br)nnc1-c1ccc(F)cc1. The second-order valence-electron chi connectivity index (χ2n) is 4.56. The molecule has 0 atom stereocenters. The molecule has 0 fully saturated rings. The van der Waals surface area contributed by atoms with Crippen molar-refractivity contribution in [2.24, 2.45) is 0 Å². The molecule has 0 saturated carbocycles. The Kier molecular flexibility index (Phi) is 4.44. The third-order valence-electron chi connectivity index (χ3n) is 3.08. The molecular formula is C15H12BrFN4S. The highest BCUT2D eigenvalue weighted by Gasteiger charge is 2.12. The van der Waals surface area contributed by atoms with E-state index in [1.807, 2.05) is 24.3 Å². The number of benzene rings is 2. The van der Waals surface area contributed by atoms with Crippen molar-refractivity contribution in [1.82, 2.24) is 14.9 Å². The van der Waals surface area contributed by atoms with E-state index in [0.29, 0.717) is 11.0 Å². The predicted molar refractivity (Wildman–Crippen MR) is 89.3 cm³/mol. The molecule has 112 valence electrons. The Balaban J connectivity index is 1.79. The molecule has 0 radical (unpaired) electrons. The van der Waals surface area contributed by atoms with Crippen LogP contribution in [0.25, 0.3) is 11.4 Å². The highest BCUT2D eigenvalue weighted by atomic mass is 79.9. The van der Waals surface area contributed by atoms with Crippen molar-refractivity contribution in [2.45, 2.75) is 10.9 Å². The maximum Gasteiger partial charge on any atom is 0.210 e. The van der Waals surface area contributed by atoms with Crippen LogP contribution in [0.2, 0.25) is 0 Å². The fourth-order valence-corrected chi connectivity index (χ4v) is 3.40. The molecule has 0 unspecified atom stereocenters. The van der Waals surface area contributed by atoms with Crippen LogP contribution >= 0.6 is 27.7 Å². The Morgan fingerprint density at radius 1 is 1.09 bits per heavy atom. The van der Waals surface area contributed by atoms with Crippen molar-refractivity contribution in [2.75, 3.05) is 5.84 Å². The van der Waals surface area contributed by atoms with E-state index < -0.39 is 0 Å². The maximum absolute atomic E-state index is 13.0. The summed E-state index contributed by atoms with van der Waals surface area (Å²) >= 11 is 5.01. The lowest BCUT2D eigenvalue weighted by Crippen LogP contribution is -2.11. The first-order chi connectivity index (χ1) is 10.6. The first kappa shape index (κ1) is 15.1. The number of hydrogen-bond donors (Lipinski definition) is 1. The molecule has 0 aliphatic heterocycles. The molecule has 0 aliphatic rings. The number of rotatable bonds is 4. The zero-order chi connectivity index (χ0) is 15.5. The van der Waals surface area contributed by atoms with E-state index in [1.54, 1.807) is 12.1 Å². The van der Waals surface area contributed by atoms with Crippen molar-refractivity contribution in [1.29, 1.82) is 0 Å². The largest absolute Gasteiger partial charge is 0.335 e. The van der Waals surface area contributed by atoms with Gasteiger partial charge < -0.3 is 5.84 Å². The summed E-state index contributed by atoms with van der Waals surface area (Å²) < 4.78 is 15.4. The minimum atomic E-state index is -0.296. The molecule has 0 saturated heterocycles. The van der Waals surface area contributed by atoms with Gasteiger partial charge >= 0.3 is 0 Å². The quantitative estimate of drug-likeness (QED) is 0.553. The lowest BCUT2D eigenvalue weighted by atomic mass is 10.2. The molecule has 4 nitrogen and oxygen atoms in total. The fourth-order valence-electron chi connectivity index (χ4n) is 1.93. The summed E-state index contributed by atoms with van der Waals surface area (Å²) in [5.74, 6) is 6.98. The highest BCUT2D eigenvalue weighted by Crippen LogP contribution is 2.27. The van der Waals surface area contributed by atoms with Crippen LogP contribution in [0.1, 0.15) is 5.56 Å². The summed E-state index contributed by atoms with van der Waals surface area (Å²) in [5.41, 5.74) is 1.88. The van der Waals surface area contributed by atoms with Gasteiger partial charge in [0.25, 0.3) is 0 Å². The van der Waals surface area contributed by atoms with Crippen LogP contribution in [0.4, 0.5) is 4.39 Å². The zero-order valence-corrected chi connectivity index (χ0v) is 13.8. The molecule has 3 rings (SSSR count). The molecule has 7 heteroatoms. The highest BCUT2D eigenvalue weighted by molar-refractivity contribution is 9.10. The van der Waals surface area contributed by atoms with Crippen molar-refractivity contribution < 1.29 is 4.39 Å². The molecule has 0 aliphatic carbocycles. The van der Waals surface area contributed by atoms with Crippen molar-refractivity contribution in [3.8, 4) is 11.4 Å². The van der Waals surface area contributed by atoms with Crippen LogP contribution in [-0.2, 0) is 5.75 Å². The van der Waals surface area contributed by atoms with E-state index in [2.05, 4.69) is 26.1 Å². The number of nitrogens with zero attached hydrogens (tertiary/aromatic N) is 3. The third kappa shape index (κ3) is 3.15. The van der Waals surface area contributed by atoms with E-state index in [0.717, 1.165) is 21.4 Å². The van der Waals surface area contributed by atoms with E-state index in [-0.39, 0.29) is 5.82 Å². The summed E-state index contributed by atoms with van der Waals surface area (Å²) in [5, 5.41) is 8.79. The Morgan fingerprint density at radius 2 is 1.82 bits per heavy atom. The van der Waals surface area contributed by atoms with Crippen LogP contribution in [0, 0.1) is 5.82 Å². The van der Waals surface area contributed by atoms with Crippen molar-refractivity contribution >= 4 is 27.7 Å². The van der Waals surface area contributed by atoms with Gasteiger partial charge in [0.2, 0.25) is 5.16 Å². The fraction of sp³-hybridized carbons (Fsp3) is 0.0667. The number of nitrogen functional groups attached to an aromatic ring is 1. The third-order valence-corrected chi connectivity index (χ3v) is 4.85. The second kappa shape index (κ2) is 6.50. The molecular weight excluding hydrogens is 367 g/mol. The van der Waals surface area contributed by atoms with Gasteiger partial charge in [-0.15, -0.1) is 10.2 Å². The van der Waals surface area contributed by atoms with Gasteiger partial charge in [0.05, 0.1) is 0 Å². The van der Waals surface area contributed by atoms with Gasteiger partial charge in [-0.05, 0) is 35.9 Å². The molecule has 2 aromatic carbocycles. The molecule has 3 aromatic rings. The summed E-state index contributed by atoms with van der Waals surface area (Å²) in [6.45, 7) is 0. The van der Waals surface area contributed by atoms with Crippen molar-refractivity contribution in [3.05, 3.63) is 64.4 Å². The maximum atomic E-state index is 13.0. The summed E-state index contributed by atoms with van der Waals surface area (Å²) in [6, 6.07) is 14.0. The summed E-state index contributed by atoms with van der Waals surface area (Å²) in [7, 11) is 0. The van der Waals surface area contributed by atoms with E-state index in [4.69, 9.17) is 5.84 Å². The Hall–Kier alpha value is -1.86. The van der Waals surface area contributed by atoms with E-state index >= 15 is 0 Å². The number of thioether (sulfide) groups is 1. The zero-order valence-electron chi connectivity index (χ0n) is 11.4. The van der Waals surface area contributed by atoms with Gasteiger partial charge in [-0.1, -0.05) is 45.9 Å². The minimum Gasteiger partial charge on any atom is -0.335 e. The predicted octanol–water partition coefficient (Wildman–Crippen LogP) is 3.85. The monoisotopic (exact) mass is 378 g/mol. The Labute approximate surface area is 139 Å². The second-order valence-corrected chi connectivity index (χ2v) is 6.36. The number of nitrogens with two attached hydrogens (primary N) is 1. The first-order valence-electron chi connectivity index (χ1n) is 6.48. The standard InChI is InChI=1S/C15H12BrFN4S/c16-13-4-2-1-3-11(13)9-22-15-20-19-14(21(15)18)10-5-7-12(17)8-6-10/h1-8H,9,18H2. The number of aromatic nitrogens is 3. The van der Waals surface area contributed by atoms with Crippen LogP contribution in [0.3, 0.4) is 0 Å². The van der Waals surface area contributed by atoms with Gasteiger partial charge in [0.15, 0.2) is 5.82 Å². The van der Waals surface area contributed by atoms with Gasteiger partial charge in [0, 0.05) is 15.8 Å². The lowest BCUT2D eigenvalue weighted by Gasteiger charge is -2.05. The average Bonchev–Trinajstić information content (AvgIpc) is 2.88. The smallest absolute Gasteiger partial charge is 0.210 e. The molecule has 2 N–H and O–H groups in total. The van der Waals surface area contributed by atoms with Crippen LogP contribution in [0.5, 0.6) is 0 Å². The van der Waals surface area contributed by atoms with Crippen LogP contribution in [0.15, 0.2) is 58.2 Å². The van der Waals surface area contributed by atoms with Gasteiger partial charge in [-0.2, -0.15) is 0 Å². The average molecular weight is 379 g/mol. The van der Waals surface area contributed by atoms with Crippen LogP contribution in [-0.4, -0.2) is 14.9 Å². The summed E-state index contributed by atoms with van der Waals surface area (Å²) in [6.07, 6.45) is 0. The Bertz CT molecular complexity index is 788. The number of halogens is 2. The van der Waals surface area contributed by atoms with E-state index in [1.165, 1.54) is 28.6 Å². The molecule has 1 heterocycles. The molecule has 0 bridgehead atoms. The van der Waals surface area contributed by atoms with Gasteiger partial charge in [-0.3, -0.25) is 0 Å². The normalized spacial score (nSPS) is 10.8. The van der Waals surface area contributed by atoms with E-state index in [9.17, 15) is 4.39 Å². The topological polar surface area (TPSA) is 56.7 Å².